The summed E-state index contributed by atoms with van der Waals surface area (Å²) >= 11 is 3.39. The number of hydrogen-bond acceptors (Lipinski definition) is 2. The zero-order valence-corrected chi connectivity index (χ0v) is 8.72. The Bertz CT molecular complexity index is 253. The van der Waals surface area contributed by atoms with Crippen LogP contribution in [0, 0.1) is 5.92 Å². The number of allylic oxidation sites excluding steroid dienone is 3. The first kappa shape index (κ1) is 9.52. The highest BCUT2D eigenvalue weighted by atomic mass is 79.9. The minimum Gasteiger partial charge on any atom is -0.466 e. The van der Waals surface area contributed by atoms with Crippen LogP contribution in [0.4, 0.5) is 0 Å². The lowest BCUT2D eigenvalue weighted by molar-refractivity contribution is -0.136. The Morgan fingerprint density at radius 2 is 2.33 bits per heavy atom. The molecule has 0 saturated carbocycles. The Labute approximate surface area is 80.4 Å². The first-order valence-corrected chi connectivity index (χ1v) is 4.59. The molecule has 0 spiro atoms. The van der Waals surface area contributed by atoms with E-state index >= 15 is 0 Å². The smallest absolute Gasteiger partial charge is 0.334 e. The van der Waals surface area contributed by atoms with Crippen molar-refractivity contribution in [2.75, 3.05) is 7.11 Å². The van der Waals surface area contributed by atoms with Crippen LogP contribution in [0.25, 0.3) is 0 Å². The topological polar surface area (TPSA) is 26.3 Å². The molecule has 2 nitrogen and oxygen atoms in total. The van der Waals surface area contributed by atoms with Crippen molar-refractivity contribution in [3.05, 3.63) is 22.2 Å². The van der Waals surface area contributed by atoms with Gasteiger partial charge in [0.1, 0.15) is 0 Å². The molecule has 0 amide bonds. The Hall–Kier alpha value is -0.570. The third-order valence-electron chi connectivity index (χ3n) is 1.90. The van der Waals surface area contributed by atoms with Gasteiger partial charge in [0.05, 0.1) is 7.11 Å². The van der Waals surface area contributed by atoms with Crippen molar-refractivity contribution in [2.45, 2.75) is 13.3 Å². The molecule has 12 heavy (non-hydrogen) atoms. The summed E-state index contributed by atoms with van der Waals surface area (Å²) < 4.78 is 5.77. The van der Waals surface area contributed by atoms with Gasteiger partial charge in [-0.2, -0.15) is 0 Å². The van der Waals surface area contributed by atoms with Crippen molar-refractivity contribution < 1.29 is 9.53 Å². The normalized spacial score (nSPS) is 22.8. The van der Waals surface area contributed by atoms with Crippen LogP contribution in [0.3, 0.4) is 0 Å². The number of carbonyl (C=O) groups is 1. The summed E-state index contributed by atoms with van der Waals surface area (Å²) in [5.41, 5.74) is 0.751. The van der Waals surface area contributed by atoms with E-state index in [2.05, 4.69) is 20.7 Å². The molecule has 0 saturated heterocycles. The van der Waals surface area contributed by atoms with Gasteiger partial charge in [0.2, 0.25) is 0 Å². The van der Waals surface area contributed by atoms with Crippen LogP contribution in [0.15, 0.2) is 22.2 Å². The molecule has 3 heteroatoms. The second kappa shape index (κ2) is 3.90. The van der Waals surface area contributed by atoms with Crippen LogP contribution < -0.4 is 0 Å². The summed E-state index contributed by atoms with van der Waals surface area (Å²) in [5.74, 6) is 0.0237. The Morgan fingerprint density at radius 3 is 2.83 bits per heavy atom. The van der Waals surface area contributed by atoms with Crippen molar-refractivity contribution in [1.29, 1.82) is 0 Å². The van der Waals surface area contributed by atoms with Gasteiger partial charge in [-0.25, -0.2) is 4.79 Å². The fourth-order valence-electron chi connectivity index (χ4n) is 1.20. The van der Waals surface area contributed by atoms with Crippen molar-refractivity contribution in [3.63, 3.8) is 0 Å². The molecule has 0 fully saturated rings. The van der Waals surface area contributed by atoms with Gasteiger partial charge in [-0.1, -0.05) is 35.0 Å². The zero-order chi connectivity index (χ0) is 9.14. The molecule has 0 aromatic rings. The third-order valence-corrected chi connectivity index (χ3v) is 2.49. The van der Waals surface area contributed by atoms with Crippen LogP contribution in [-0.2, 0) is 9.53 Å². The molecule has 1 aliphatic rings. The minimum atomic E-state index is -0.223. The highest BCUT2D eigenvalue weighted by Gasteiger charge is 2.20. The monoisotopic (exact) mass is 230 g/mol. The summed E-state index contributed by atoms with van der Waals surface area (Å²) in [7, 11) is 1.41. The van der Waals surface area contributed by atoms with Crippen molar-refractivity contribution in [1.82, 2.24) is 0 Å². The number of carbonyl (C=O) groups excluding carboxylic acids is 1. The lowest BCUT2D eigenvalue weighted by Gasteiger charge is -2.16. The van der Waals surface area contributed by atoms with E-state index in [9.17, 15) is 4.79 Å². The van der Waals surface area contributed by atoms with Crippen molar-refractivity contribution >= 4 is 21.9 Å². The van der Waals surface area contributed by atoms with Gasteiger partial charge in [0, 0.05) is 5.57 Å². The van der Waals surface area contributed by atoms with E-state index in [4.69, 9.17) is 0 Å². The molecular weight excluding hydrogens is 220 g/mol. The number of ether oxygens (including phenoxy) is 1. The highest BCUT2D eigenvalue weighted by molar-refractivity contribution is 9.11. The second-order valence-corrected chi connectivity index (χ2v) is 3.85. The molecule has 1 aliphatic carbocycles. The third kappa shape index (κ3) is 1.97. The molecule has 0 N–H and O–H groups in total. The Balaban J connectivity index is 2.82. The van der Waals surface area contributed by atoms with Gasteiger partial charge in [0.15, 0.2) is 0 Å². The maximum absolute atomic E-state index is 11.1. The molecule has 0 radical (unpaired) electrons. The van der Waals surface area contributed by atoms with E-state index in [1.807, 2.05) is 19.1 Å². The fraction of sp³-hybridized carbons (Fsp3) is 0.444. The number of hydrogen-bond donors (Lipinski definition) is 0. The number of halogens is 1. The predicted molar refractivity (Wildman–Crippen MR) is 50.9 cm³/mol. The molecule has 0 aromatic heterocycles. The van der Waals surface area contributed by atoms with Crippen molar-refractivity contribution in [2.24, 2.45) is 5.92 Å². The first-order chi connectivity index (χ1) is 5.65. The zero-order valence-electron chi connectivity index (χ0n) is 7.13. The summed E-state index contributed by atoms with van der Waals surface area (Å²) in [4.78, 5) is 11.1. The van der Waals surface area contributed by atoms with Crippen LogP contribution in [0.5, 0.6) is 0 Å². The van der Waals surface area contributed by atoms with E-state index < -0.39 is 0 Å². The number of rotatable bonds is 1. The van der Waals surface area contributed by atoms with E-state index in [0.29, 0.717) is 0 Å². The number of esters is 1. The first-order valence-electron chi connectivity index (χ1n) is 3.79. The van der Waals surface area contributed by atoms with Gasteiger partial charge >= 0.3 is 5.97 Å². The fourth-order valence-corrected chi connectivity index (χ4v) is 1.82. The molecule has 0 bridgehead atoms. The van der Waals surface area contributed by atoms with Gasteiger partial charge in [-0.15, -0.1) is 0 Å². The van der Waals surface area contributed by atoms with E-state index in [-0.39, 0.29) is 11.9 Å². The summed E-state index contributed by atoms with van der Waals surface area (Å²) in [6.07, 6.45) is 4.58. The van der Waals surface area contributed by atoms with E-state index in [0.717, 1.165) is 16.5 Å². The highest BCUT2D eigenvalue weighted by Crippen LogP contribution is 2.28. The molecule has 0 aliphatic heterocycles. The summed E-state index contributed by atoms with van der Waals surface area (Å²) in [5, 5.41) is 0. The van der Waals surface area contributed by atoms with E-state index in [1.54, 1.807) is 0 Å². The largest absolute Gasteiger partial charge is 0.466 e. The summed E-state index contributed by atoms with van der Waals surface area (Å²) in [6.45, 7) is 2.01. The van der Waals surface area contributed by atoms with Gasteiger partial charge < -0.3 is 4.74 Å². The molecule has 0 heterocycles. The molecule has 1 atom stereocenters. The predicted octanol–water partition coefficient (Wildman–Crippen LogP) is 2.40. The van der Waals surface area contributed by atoms with Crippen LogP contribution in [0.2, 0.25) is 0 Å². The SMILES string of the molecule is COC(=O)C1=CC=C(Br)CC1C. The molecular formula is C9H11BrO2. The minimum absolute atomic E-state index is 0.223. The lowest BCUT2D eigenvalue weighted by Crippen LogP contribution is -2.14. The van der Waals surface area contributed by atoms with Crippen LogP contribution >= 0.6 is 15.9 Å². The maximum atomic E-state index is 11.1. The van der Waals surface area contributed by atoms with Crippen LogP contribution in [-0.4, -0.2) is 13.1 Å². The second-order valence-electron chi connectivity index (χ2n) is 2.83. The molecule has 1 rings (SSSR count). The Morgan fingerprint density at radius 1 is 1.67 bits per heavy atom. The van der Waals surface area contributed by atoms with Gasteiger partial charge in [-0.3, -0.25) is 0 Å². The average molecular weight is 231 g/mol. The van der Waals surface area contributed by atoms with E-state index in [1.165, 1.54) is 7.11 Å². The Kier molecular flexibility index (Phi) is 3.09. The lowest BCUT2D eigenvalue weighted by atomic mass is 9.93. The molecule has 1 unspecified atom stereocenters. The molecule has 66 valence electrons. The van der Waals surface area contributed by atoms with Gasteiger partial charge in [0.25, 0.3) is 0 Å². The quantitative estimate of drug-likeness (QED) is 0.647. The maximum Gasteiger partial charge on any atom is 0.334 e. The van der Waals surface area contributed by atoms with Crippen molar-refractivity contribution in [3.8, 4) is 0 Å². The number of methoxy groups -OCH3 is 1. The molecule has 0 aromatic carbocycles. The average Bonchev–Trinajstić information content (AvgIpc) is 2.03. The van der Waals surface area contributed by atoms with Gasteiger partial charge in [-0.05, 0) is 16.8 Å². The summed E-state index contributed by atoms with van der Waals surface area (Å²) in [6, 6.07) is 0. The van der Waals surface area contributed by atoms with Crippen LogP contribution in [0.1, 0.15) is 13.3 Å². The standard InChI is InChI=1S/C9H11BrO2/c1-6-5-7(10)3-4-8(6)9(11)12-2/h3-4,6H,5H2,1-2H3.